The van der Waals surface area contributed by atoms with Crippen molar-refractivity contribution in [1.82, 2.24) is 9.97 Å². The van der Waals surface area contributed by atoms with Crippen LogP contribution in [-0.2, 0) is 24.3 Å². The van der Waals surface area contributed by atoms with E-state index >= 15 is 0 Å². The molecule has 0 unspecified atom stereocenters. The first-order valence-electron chi connectivity index (χ1n) is 5.55. The molecule has 4 heteroatoms. The van der Waals surface area contributed by atoms with Crippen molar-refractivity contribution in [3.63, 3.8) is 0 Å². The molecule has 3 rings (SSSR count). The van der Waals surface area contributed by atoms with Crippen molar-refractivity contribution < 1.29 is 4.74 Å². The lowest BCUT2D eigenvalue weighted by Crippen LogP contribution is -2.19. The smallest absolute Gasteiger partial charge is 0.132 e. The van der Waals surface area contributed by atoms with Crippen molar-refractivity contribution in [2.24, 2.45) is 5.73 Å². The number of nitrogens with zero attached hydrogens (tertiary/aromatic N) is 2. The summed E-state index contributed by atoms with van der Waals surface area (Å²) in [5.74, 6) is 1.61. The van der Waals surface area contributed by atoms with Gasteiger partial charge in [-0.15, -0.1) is 0 Å². The van der Waals surface area contributed by atoms with E-state index in [0.29, 0.717) is 19.1 Å². The summed E-state index contributed by atoms with van der Waals surface area (Å²) in [6.07, 6.45) is 3.38. The summed E-state index contributed by atoms with van der Waals surface area (Å²) in [6, 6.07) is 0. The first-order valence-corrected chi connectivity index (χ1v) is 5.55. The van der Waals surface area contributed by atoms with E-state index in [-0.39, 0.29) is 0 Å². The van der Waals surface area contributed by atoms with Crippen LogP contribution < -0.4 is 5.73 Å². The molecule has 0 amide bonds. The third kappa shape index (κ3) is 1.64. The summed E-state index contributed by atoms with van der Waals surface area (Å²) >= 11 is 0. The average Bonchev–Trinajstić information content (AvgIpc) is 3.11. The monoisotopic (exact) mass is 205 g/mol. The number of fused-ring (bicyclic) bond motifs is 1. The van der Waals surface area contributed by atoms with Gasteiger partial charge in [0.25, 0.3) is 0 Å². The minimum absolute atomic E-state index is 0.494. The SMILES string of the molecule is NCc1nc(C2CC2)nc2c1COCC2. The highest BCUT2D eigenvalue weighted by Crippen LogP contribution is 2.38. The topological polar surface area (TPSA) is 61.0 Å². The van der Waals surface area contributed by atoms with Crippen LogP contribution >= 0.6 is 0 Å². The highest BCUT2D eigenvalue weighted by molar-refractivity contribution is 5.28. The second-order valence-electron chi connectivity index (χ2n) is 4.23. The minimum atomic E-state index is 0.494. The van der Waals surface area contributed by atoms with Crippen LogP contribution in [0.1, 0.15) is 41.5 Å². The fourth-order valence-corrected chi connectivity index (χ4v) is 2.01. The van der Waals surface area contributed by atoms with Gasteiger partial charge < -0.3 is 10.5 Å². The third-order valence-corrected chi connectivity index (χ3v) is 3.06. The van der Waals surface area contributed by atoms with Gasteiger partial charge in [0, 0.05) is 24.4 Å². The summed E-state index contributed by atoms with van der Waals surface area (Å²) < 4.78 is 5.42. The largest absolute Gasteiger partial charge is 0.376 e. The highest BCUT2D eigenvalue weighted by Gasteiger charge is 2.28. The predicted octanol–water partition coefficient (Wildman–Crippen LogP) is 0.885. The molecule has 1 aromatic heterocycles. The van der Waals surface area contributed by atoms with Gasteiger partial charge in [0.15, 0.2) is 0 Å². The van der Waals surface area contributed by atoms with Crippen molar-refractivity contribution in [3.05, 3.63) is 22.8 Å². The van der Waals surface area contributed by atoms with Crippen LogP contribution in [-0.4, -0.2) is 16.6 Å². The van der Waals surface area contributed by atoms with Crippen molar-refractivity contribution >= 4 is 0 Å². The number of nitrogens with two attached hydrogens (primary N) is 1. The summed E-state index contributed by atoms with van der Waals surface area (Å²) in [5.41, 5.74) is 9.00. The predicted molar refractivity (Wildman–Crippen MR) is 55.3 cm³/mol. The van der Waals surface area contributed by atoms with E-state index < -0.39 is 0 Å². The Bertz CT molecular complexity index is 370. The van der Waals surface area contributed by atoms with Crippen LogP contribution in [0.4, 0.5) is 0 Å². The van der Waals surface area contributed by atoms with Crippen molar-refractivity contribution in [3.8, 4) is 0 Å². The average molecular weight is 205 g/mol. The Morgan fingerprint density at radius 3 is 2.93 bits per heavy atom. The van der Waals surface area contributed by atoms with Crippen LogP contribution in [0.5, 0.6) is 0 Å². The molecule has 2 heterocycles. The van der Waals surface area contributed by atoms with E-state index in [1.54, 1.807) is 0 Å². The van der Waals surface area contributed by atoms with E-state index in [2.05, 4.69) is 9.97 Å². The maximum Gasteiger partial charge on any atom is 0.132 e. The molecule has 1 aliphatic heterocycles. The Labute approximate surface area is 88.9 Å². The van der Waals surface area contributed by atoms with Crippen molar-refractivity contribution in [2.75, 3.05) is 6.61 Å². The van der Waals surface area contributed by atoms with Gasteiger partial charge in [-0.3, -0.25) is 0 Å². The molecular weight excluding hydrogens is 190 g/mol. The molecule has 1 saturated carbocycles. The zero-order valence-corrected chi connectivity index (χ0v) is 8.70. The first kappa shape index (κ1) is 9.24. The van der Waals surface area contributed by atoms with Gasteiger partial charge in [0.05, 0.1) is 24.6 Å². The van der Waals surface area contributed by atoms with E-state index in [4.69, 9.17) is 10.5 Å². The molecule has 1 fully saturated rings. The number of hydrogen-bond donors (Lipinski definition) is 1. The lowest BCUT2D eigenvalue weighted by atomic mass is 10.1. The molecule has 0 atom stereocenters. The lowest BCUT2D eigenvalue weighted by molar-refractivity contribution is 0.108. The van der Waals surface area contributed by atoms with Gasteiger partial charge in [-0.2, -0.15) is 0 Å². The highest BCUT2D eigenvalue weighted by atomic mass is 16.5. The molecule has 4 nitrogen and oxygen atoms in total. The Morgan fingerprint density at radius 2 is 2.20 bits per heavy atom. The maximum absolute atomic E-state index is 5.72. The fraction of sp³-hybridized carbons (Fsp3) is 0.636. The molecule has 0 radical (unpaired) electrons. The summed E-state index contributed by atoms with van der Waals surface area (Å²) in [4.78, 5) is 9.19. The summed E-state index contributed by atoms with van der Waals surface area (Å²) in [7, 11) is 0. The van der Waals surface area contributed by atoms with Gasteiger partial charge in [-0.05, 0) is 12.8 Å². The van der Waals surface area contributed by atoms with E-state index in [9.17, 15) is 0 Å². The number of rotatable bonds is 2. The number of hydrogen-bond acceptors (Lipinski definition) is 4. The molecule has 2 N–H and O–H groups in total. The second-order valence-corrected chi connectivity index (χ2v) is 4.23. The Hall–Kier alpha value is -1.00. The molecule has 1 aliphatic carbocycles. The molecule has 0 saturated heterocycles. The van der Waals surface area contributed by atoms with Crippen LogP contribution in [0.2, 0.25) is 0 Å². The fourth-order valence-electron chi connectivity index (χ4n) is 2.01. The third-order valence-electron chi connectivity index (χ3n) is 3.06. The van der Waals surface area contributed by atoms with Gasteiger partial charge in [-0.1, -0.05) is 0 Å². The first-order chi connectivity index (χ1) is 7.38. The molecule has 15 heavy (non-hydrogen) atoms. The molecule has 1 aromatic rings. The molecule has 80 valence electrons. The van der Waals surface area contributed by atoms with Crippen molar-refractivity contribution in [1.29, 1.82) is 0 Å². The molecule has 2 aliphatic rings. The lowest BCUT2D eigenvalue weighted by Gasteiger charge is -2.18. The zero-order valence-electron chi connectivity index (χ0n) is 8.70. The van der Waals surface area contributed by atoms with Crippen LogP contribution in [0, 0.1) is 0 Å². The molecule has 0 aromatic carbocycles. The van der Waals surface area contributed by atoms with Gasteiger partial charge in [-0.25, -0.2) is 9.97 Å². The Balaban J connectivity index is 2.06. The summed E-state index contributed by atoms with van der Waals surface area (Å²) in [6.45, 7) is 1.90. The quantitative estimate of drug-likeness (QED) is 0.778. The van der Waals surface area contributed by atoms with Gasteiger partial charge in [0.2, 0.25) is 0 Å². The normalized spacial score (nSPS) is 20.1. The van der Waals surface area contributed by atoms with Crippen molar-refractivity contribution in [2.45, 2.75) is 38.3 Å². The molecule has 0 bridgehead atoms. The second kappa shape index (κ2) is 3.54. The van der Waals surface area contributed by atoms with Gasteiger partial charge >= 0.3 is 0 Å². The van der Waals surface area contributed by atoms with Gasteiger partial charge in [0.1, 0.15) is 5.82 Å². The maximum atomic E-state index is 5.72. The number of ether oxygens (including phenoxy) is 1. The Morgan fingerprint density at radius 1 is 1.33 bits per heavy atom. The molecule has 0 spiro atoms. The van der Waals surface area contributed by atoms with E-state index in [1.165, 1.54) is 18.5 Å². The number of aromatic nitrogens is 2. The van der Waals surface area contributed by atoms with Crippen LogP contribution in [0.15, 0.2) is 0 Å². The molecular formula is C11H15N3O. The Kier molecular flexibility index (Phi) is 2.18. The van der Waals surface area contributed by atoms with Crippen LogP contribution in [0.3, 0.4) is 0 Å². The van der Waals surface area contributed by atoms with Crippen LogP contribution in [0.25, 0.3) is 0 Å². The zero-order chi connectivity index (χ0) is 10.3. The minimum Gasteiger partial charge on any atom is -0.376 e. The van der Waals surface area contributed by atoms with E-state index in [1.807, 2.05) is 0 Å². The standard InChI is InChI=1S/C11H15N3O/c12-5-10-8-6-15-4-3-9(8)13-11(14-10)7-1-2-7/h7H,1-6,12H2. The van der Waals surface area contributed by atoms with E-state index in [0.717, 1.165) is 30.1 Å². The summed E-state index contributed by atoms with van der Waals surface area (Å²) in [5, 5.41) is 0.